The second-order valence-electron chi connectivity index (χ2n) is 3.30. The SMILES string of the molecule is CCOC(C)C(O)c1c(Br)cnn1CC. The lowest BCUT2D eigenvalue weighted by Gasteiger charge is -2.20. The van der Waals surface area contributed by atoms with Crippen molar-refractivity contribution in [3.63, 3.8) is 0 Å². The second-order valence-corrected chi connectivity index (χ2v) is 4.15. The quantitative estimate of drug-likeness (QED) is 0.896. The molecule has 0 radical (unpaired) electrons. The van der Waals surface area contributed by atoms with Crippen molar-refractivity contribution in [2.24, 2.45) is 0 Å². The summed E-state index contributed by atoms with van der Waals surface area (Å²) in [7, 11) is 0. The van der Waals surface area contributed by atoms with Crippen LogP contribution in [-0.4, -0.2) is 27.6 Å². The van der Waals surface area contributed by atoms with Crippen molar-refractivity contribution in [1.29, 1.82) is 0 Å². The zero-order valence-electron chi connectivity index (χ0n) is 9.27. The van der Waals surface area contributed by atoms with E-state index in [4.69, 9.17) is 4.74 Å². The molecule has 86 valence electrons. The van der Waals surface area contributed by atoms with E-state index in [1.807, 2.05) is 20.8 Å². The van der Waals surface area contributed by atoms with E-state index in [1.165, 1.54) is 0 Å². The molecule has 0 saturated heterocycles. The van der Waals surface area contributed by atoms with Crippen LogP contribution in [-0.2, 0) is 11.3 Å². The summed E-state index contributed by atoms with van der Waals surface area (Å²) in [6.45, 7) is 7.08. The van der Waals surface area contributed by atoms with Crippen molar-refractivity contribution in [1.82, 2.24) is 9.78 Å². The highest BCUT2D eigenvalue weighted by atomic mass is 79.9. The van der Waals surface area contributed by atoms with Gasteiger partial charge < -0.3 is 9.84 Å². The Balaban J connectivity index is 2.88. The van der Waals surface area contributed by atoms with E-state index in [-0.39, 0.29) is 6.10 Å². The summed E-state index contributed by atoms with van der Waals surface area (Å²) < 4.78 is 7.96. The number of nitrogens with zero attached hydrogens (tertiary/aromatic N) is 2. The number of rotatable bonds is 5. The average molecular weight is 277 g/mol. The highest BCUT2D eigenvalue weighted by Gasteiger charge is 2.23. The Bertz CT molecular complexity index is 314. The molecule has 15 heavy (non-hydrogen) atoms. The highest BCUT2D eigenvalue weighted by Crippen LogP contribution is 2.26. The van der Waals surface area contributed by atoms with Crippen molar-refractivity contribution in [2.45, 2.75) is 39.5 Å². The van der Waals surface area contributed by atoms with Gasteiger partial charge >= 0.3 is 0 Å². The molecule has 0 spiro atoms. The lowest BCUT2D eigenvalue weighted by Crippen LogP contribution is -2.22. The Labute approximate surface area is 98.4 Å². The van der Waals surface area contributed by atoms with E-state index in [2.05, 4.69) is 21.0 Å². The summed E-state index contributed by atoms with van der Waals surface area (Å²) in [5.41, 5.74) is 0.776. The fourth-order valence-electron chi connectivity index (χ4n) is 1.49. The lowest BCUT2D eigenvalue weighted by molar-refractivity contribution is -0.0268. The van der Waals surface area contributed by atoms with Crippen molar-refractivity contribution in [3.8, 4) is 0 Å². The van der Waals surface area contributed by atoms with E-state index in [9.17, 15) is 5.11 Å². The van der Waals surface area contributed by atoms with Crippen molar-refractivity contribution < 1.29 is 9.84 Å². The van der Waals surface area contributed by atoms with Crippen LogP contribution in [0.5, 0.6) is 0 Å². The summed E-state index contributed by atoms with van der Waals surface area (Å²) in [6, 6.07) is 0. The zero-order valence-corrected chi connectivity index (χ0v) is 10.9. The van der Waals surface area contributed by atoms with E-state index < -0.39 is 6.10 Å². The van der Waals surface area contributed by atoms with Gasteiger partial charge in [0.15, 0.2) is 0 Å². The first-order valence-electron chi connectivity index (χ1n) is 5.12. The van der Waals surface area contributed by atoms with Gasteiger partial charge in [0.1, 0.15) is 6.10 Å². The minimum absolute atomic E-state index is 0.228. The fourth-order valence-corrected chi connectivity index (χ4v) is 2.03. The Morgan fingerprint density at radius 2 is 2.27 bits per heavy atom. The largest absolute Gasteiger partial charge is 0.384 e. The first kappa shape index (κ1) is 12.7. The summed E-state index contributed by atoms with van der Waals surface area (Å²) >= 11 is 3.38. The molecule has 1 aromatic rings. The molecule has 1 N–H and O–H groups in total. The molecule has 0 aliphatic rings. The van der Waals surface area contributed by atoms with Gasteiger partial charge in [0, 0.05) is 13.2 Å². The predicted octanol–water partition coefficient (Wildman–Crippen LogP) is 2.12. The number of aromatic nitrogens is 2. The number of hydrogen-bond acceptors (Lipinski definition) is 3. The molecule has 1 aromatic heterocycles. The third kappa shape index (κ3) is 2.80. The smallest absolute Gasteiger partial charge is 0.123 e. The van der Waals surface area contributed by atoms with Crippen LogP contribution in [0.25, 0.3) is 0 Å². The van der Waals surface area contributed by atoms with Gasteiger partial charge in [0.25, 0.3) is 0 Å². The molecule has 0 aromatic carbocycles. The van der Waals surface area contributed by atoms with Gasteiger partial charge in [-0.25, -0.2) is 0 Å². The maximum Gasteiger partial charge on any atom is 0.123 e. The van der Waals surface area contributed by atoms with Gasteiger partial charge in [-0.2, -0.15) is 5.10 Å². The van der Waals surface area contributed by atoms with E-state index >= 15 is 0 Å². The summed E-state index contributed by atoms with van der Waals surface area (Å²) in [5, 5.41) is 14.2. The number of hydrogen-bond donors (Lipinski definition) is 1. The van der Waals surface area contributed by atoms with Crippen LogP contribution in [0.3, 0.4) is 0 Å². The molecule has 1 heterocycles. The zero-order chi connectivity index (χ0) is 11.4. The van der Waals surface area contributed by atoms with Gasteiger partial charge in [0.05, 0.1) is 22.5 Å². The Morgan fingerprint density at radius 3 is 2.80 bits per heavy atom. The Kier molecular flexibility index (Phi) is 4.76. The fraction of sp³-hybridized carbons (Fsp3) is 0.700. The predicted molar refractivity (Wildman–Crippen MR) is 61.6 cm³/mol. The number of ether oxygens (including phenoxy) is 1. The summed E-state index contributed by atoms with van der Waals surface area (Å²) in [5.74, 6) is 0. The number of aliphatic hydroxyl groups is 1. The van der Waals surface area contributed by atoms with Crippen molar-refractivity contribution in [2.75, 3.05) is 6.61 Å². The van der Waals surface area contributed by atoms with E-state index in [0.29, 0.717) is 6.61 Å². The first-order valence-corrected chi connectivity index (χ1v) is 5.91. The van der Waals surface area contributed by atoms with E-state index in [0.717, 1.165) is 16.7 Å². The number of halogens is 1. The van der Waals surface area contributed by atoms with Crippen LogP contribution in [0.15, 0.2) is 10.7 Å². The summed E-state index contributed by atoms with van der Waals surface area (Å²) in [4.78, 5) is 0. The van der Waals surface area contributed by atoms with Crippen LogP contribution in [0.2, 0.25) is 0 Å². The Hall–Kier alpha value is -0.390. The third-order valence-corrected chi connectivity index (χ3v) is 2.90. The summed E-state index contributed by atoms with van der Waals surface area (Å²) in [6.07, 6.45) is 0.816. The number of aliphatic hydroxyl groups excluding tert-OH is 1. The maximum atomic E-state index is 10.1. The van der Waals surface area contributed by atoms with Gasteiger partial charge in [-0.3, -0.25) is 4.68 Å². The molecule has 0 bridgehead atoms. The standard InChI is InChI=1S/C10H17BrN2O2/c1-4-13-9(8(11)6-12-13)10(14)7(3)15-5-2/h6-7,10,14H,4-5H2,1-3H3. The first-order chi connectivity index (χ1) is 7.11. The van der Waals surface area contributed by atoms with Crippen LogP contribution in [0, 0.1) is 0 Å². The maximum absolute atomic E-state index is 10.1. The molecular formula is C10H17BrN2O2. The van der Waals surface area contributed by atoms with Gasteiger partial charge in [-0.15, -0.1) is 0 Å². The molecular weight excluding hydrogens is 260 g/mol. The molecule has 0 saturated carbocycles. The molecule has 0 amide bonds. The molecule has 0 aliphatic carbocycles. The second kappa shape index (κ2) is 5.63. The number of aryl methyl sites for hydroxylation is 1. The van der Waals surface area contributed by atoms with Crippen LogP contribution >= 0.6 is 15.9 Å². The van der Waals surface area contributed by atoms with Crippen LogP contribution in [0.1, 0.15) is 32.6 Å². The molecule has 5 heteroatoms. The van der Waals surface area contributed by atoms with Gasteiger partial charge in [0.2, 0.25) is 0 Å². The van der Waals surface area contributed by atoms with Crippen molar-refractivity contribution >= 4 is 15.9 Å². The molecule has 4 nitrogen and oxygen atoms in total. The molecule has 2 atom stereocenters. The third-order valence-electron chi connectivity index (χ3n) is 2.29. The van der Waals surface area contributed by atoms with Crippen molar-refractivity contribution in [3.05, 3.63) is 16.4 Å². The minimum atomic E-state index is -0.651. The molecule has 0 aliphatic heterocycles. The average Bonchev–Trinajstić information content (AvgIpc) is 2.58. The van der Waals surface area contributed by atoms with E-state index in [1.54, 1.807) is 10.9 Å². The highest BCUT2D eigenvalue weighted by molar-refractivity contribution is 9.10. The monoisotopic (exact) mass is 276 g/mol. The van der Waals surface area contributed by atoms with Crippen LogP contribution < -0.4 is 0 Å². The minimum Gasteiger partial charge on any atom is -0.384 e. The van der Waals surface area contributed by atoms with Crippen LogP contribution in [0.4, 0.5) is 0 Å². The lowest BCUT2D eigenvalue weighted by atomic mass is 10.1. The topological polar surface area (TPSA) is 47.3 Å². The van der Waals surface area contributed by atoms with Gasteiger partial charge in [-0.1, -0.05) is 0 Å². The Morgan fingerprint density at radius 1 is 1.60 bits per heavy atom. The molecule has 2 unspecified atom stereocenters. The molecule has 0 fully saturated rings. The van der Waals surface area contributed by atoms with Gasteiger partial charge in [-0.05, 0) is 36.7 Å². The molecule has 1 rings (SSSR count). The normalized spacial score (nSPS) is 15.3.